The van der Waals surface area contributed by atoms with E-state index in [1.54, 1.807) is 5.48 Å². The first-order valence-corrected chi connectivity index (χ1v) is 6.82. The topological polar surface area (TPSA) is 49.3 Å². The number of carbonyl (C=O) groups is 1. The summed E-state index contributed by atoms with van der Waals surface area (Å²) in [6, 6.07) is 17.7. The van der Waals surface area contributed by atoms with Crippen molar-refractivity contribution >= 4 is 5.91 Å². The molecule has 3 heteroatoms. The van der Waals surface area contributed by atoms with E-state index in [0.717, 1.165) is 24.0 Å². The monoisotopic (exact) mass is 279 g/mol. The molecule has 2 aromatic carbocycles. The molecule has 2 rings (SSSR count). The van der Waals surface area contributed by atoms with Crippen molar-refractivity contribution in [1.29, 1.82) is 0 Å². The number of aryl methyl sites for hydroxylation is 1. The van der Waals surface area contributed by atoms with Gasteiger partial charge < -0.3 is 0 Å². The molecule has 0 heterocycles. The Kier molecular flexibility index (Phi) is 5.57. The number of carbonyl (C=O) groups excluding carboxylic acids is 1. The summed E-state index contributed by atoms with van der Waals surface area (Å²) in [7, 11) is 0. The number of rotatable bonds is 4. The SMILES string of the molecule is O=C(Cc1ccc(C#CCCc2ccccc2)cc1)NO. The van der Waals surface area contributed by atoms with E-state index >= 15 is 0 Å². The zero-order valence-electron chi connectivity index (χ0n) is 11.7. The smallest absolute Gasteiger partial charge is 0.247 e. The summed E-state index contributed by atoms with van der Waals surface area (Å²) in [4.78, 5) is 11.0. The second-order valence-electron chi connectivity index (χ2n) is 4.70. The molecule has 0 aliphatic heterocycles. The molecule has 3 nitrogen and oxygen atoms in total. The maximum atomic E-state index is 11.0. The minimum Gasteiger partial charge on any atom is -0.289 e. The van der Waals surface area contributed by atoms with Gasteiger partial charge in [0.15, 0.2) is 0 Å². The molecule has 1 amide bonds. The lowest BCUT2D eigenvalue weighted by Gasteiger charge is -1.99. The van der Waals surface area contributed by atoms with Crippen LogP contribution in [-0.2, 0) is 17.6 Å². The highest BCUT2D eigenvalue weighted by Crippen LogP contribution is 2.05. The quantitative estimate of drug-likeness (QED) is 0.513. The van der Waals surface area contributed by atoms with Gasteiger partial charge in [-0.2, -0.15) is 0 Å². The molecule has 0 aliphatic carbocycles. The Morgan fingerprint density at radius 3 is 2.38 bits per heavy atom. The maximum absolute atomic E-state index is 11.0. The van der Waals surface area contributed by atoms with Gasteiger partial charge in [-0.05, 0) is 29.7 Å². The number of amides is 1. The first-order chi connectivity index (χ1) is 10.3. The van der Waals surface area contributed by atoms with E-state index in [0.29, 0.717) is 0 Å². The number of hydroxylamine groups is 1. The lowest BCUT2D eigenvalue weighted by Crippen LogP contribution is -2.20. The summed E-state index contributed by atoms with van der Waals surface area (Å²) in [6.07, 6.45) is 1.93. The molecule has 0 saturated carbocycles. The number of benzene rings is 2. The molecular formula is C18H17NO2. The van der Waals surface area contributed by atoms with Crippen molar-refractivity contribution in [2.75, 3.05) is 0 Å². The van der Waals surface area contributed by atoms with Crippen molar-refractivity contribution in [2.24, 2.45) is 0 Å². The summed E-state index contributed by atoms with van der Waals surface area (Å²) in [5, 5.41) is 8.47. The number of hydrogen-bond acceptors (Lipinski definition) is 2. The Labute approximate surface area is 124 Å². The van der Waals surface area contributed by atoms with E-state index in [2.05, 4.69) is 24.0 Å². The van der Waals surface area contributed by atoms with E-state index < -0.39 is 5.91 Å². The first kappa shape index (κ1) is 14.8. The molecule has 0 aromatic heterocycles. The average molecular weight is 279 g/mol. The van der Waals surface area contributed by atoms with Crippen LogP contribution in [0.2, 0.25) is 0 Å². The third kappa shape index (κ3) is 5.13. The third-order valence-electron chi connectivity index (χ3n) is 3.06. The van der Waals surface area contributed by atoms with Crippen LogP contribution in [0.4, 0.5) is 0 Å². The Balaban J connectivity index is 1.86. The Bertz CT molecular complexity index is 636. The molecule has 2 aromatic rings. The molecule has 0 bridgehead atoms. The second-order valence-corrected chi connectivity index (χ2v) is 4.70. The molecule has 0 spiro atoms. The molecule has 0 aliphatic rings. The summed E-state index contributed by atoms with van der Waals surface area (Å²) in [5.74, 6) is 5.84. The van der Waals surface area contributed by atoms with Gasteiger partial charge in [0.2, 0.25) is 5.91 Å². The van der Waals surface area contributed by atoms with Gasteiger partial charge in [0, 0.05) is 12.0 Å². The molecule has 0 radical (unpaired) electrons. The van der Waals surface area contributed by atoms with Gasteiger partial charge in [0.25, 0.3) is 0 Å². The van der Waals surface area contributed by atoms with Crippen LogP contribution in [-0.4, -0.2) is 11.1 Å². The van der Waals surface area contributed by atoms with Crippen molar-refractivity contribution < 1.29 is 10.0 Å². The molecule has 0 saturated heterocycles. The Hall–Kier alpha value is -2.57. The van der Waals surface area contributed by atoms with E-state index in [9.17, 15) is 4.79 Å². The lowest BCUT2D eigenvalue weighted by molar-refractivity contribution is -0.128. The van der Waals surface area contributed by atoms with Gasteiger partial charge in [-0.1, -0.05) is 54.3 Å². The van der Waals surface area contributed by atoms with Crippen LogP contribution in [0.1, 0.15) is 23.1 Å². The first-order valence-electron chi connectivity index (χ1n) is 6.82. The zero-order chi connectivity index (χ0) is 14.9. The molecule has 2 N–H and O–H groups in total. The van der Waals surface area contributed by atoms with Crippen LogP contribution < -0.4 is 5.48 Å². The van der Waals surface area contributed by atoms with E-state index in [1.807, 2.05) is 42.5 Å². The highest BCUT2D eigenvalue weighted by Gasteiger charge is 2.00. The highest BCUT2D eigenvalue weighted by atomic mass is 16.5. The van der Waals surface area contributed by atoms with Gasteiger partial charge in [-0.15, -0.1) is 0 Å². The highest BCUT2D eigenvalue weighted by molar-refractivity contribution is 5.77. The normalized spacial score (nSPS) is 9.57. The van der Waals surface area contributed by atoms with Gasteiger partial charge in [-0.3, -0.25) is 10.0 Å². The number of hydrogen-bond donors (Lipinski definition) is 2. The van der Waals surface area contributed by atoms with E-state index in [1.165, 1.54) is 5.56 Å². The van der Waals surface area contributed by atoms with Crippen LogP contribution in [0.15, 0.2) is 54.6 Å². The van der Waals surface area contributed by atoms with Crippen LogP contribution in [0.5, 0.6) is 0 Å². The fourth-order valence-corrected chi connectivity index (χ4v) is 1.95. The predicted molar refractivity (Wildman–Crippen MR) is 81.7 cm³/mol. The molecular weight excluding hydrogens is 262 g/mol. The van der Waals surface area contributed by atoms with Gasteiger partial charge in [0.05, 0.1) is 6.42 Å². The number of nitrogens with one attached hydrogen (secondary N) is 1. The summed E-state index contributed by atoms with van der Waals surface area (Å²) in [5.41, 5.74) is 4.68. The summed E-state index contributed by atoms with van der Waals surface area (Å²) in [6.45, 7) is 0. The van der Waals surface area contributed by atoms with Crippen molar-refractivity contribution in [3.63, 3.8) is 0 Å². The summed E-state index contributed by atoms with van der Waals surface area (Å²) < 4.78 is 0. The average Bonchev–Trinajstić information content (AvgIpc) is 2.54. The maximum Gasteiger partial charge on any atom is 0.247 e. The Morgan fingerprint density at radius 2 is 1.71 bits per heavy atom. The predicted octanol–water partition coefficient (Wildman–Crippen LogP) is 2.72. The van der Waals surface area contributed by atoms with Crippen molar-refractivity contribution in [3.8, 4) is 11.8 Å². The fourth-order valence-electron chi connectivity index (χ4n) is 1.95. The molecule has 0 atom stereocenters. The van der Waals surface area contributed by atoms with Crippen LogP contribution in [0.3, 0.4) is 0 Å². The standard InChI is InChI=1S/C18H17NO2/c20-18(19-21)14-17-12-10-16(11-13-17)9-5-4-8-15-6-2-1-3-7-15/h1-3,6-7,10-13,21H,4,8,14H2,(H,19,20). The summed E-state index contributed by atoms with van der Waals surface area (Å²) >= 11 is 0. The molecule has 0 fully saturated rings. The zero-order valence-corrected chi connectivity index (χ0v) is 11.7. The van der Waals surface area contributed by atoms with Crippen LogP contribution in [0, 0.1) is 11.8 Å². The van der Waals surface area contributed by atoms with Gasteiger partial charge in [0.1, 0.15) is 0 Å². The fraction of sp³-hybridized carbons (Fsp3) is 0.167. The van der Waals surface area contributed by atoms with E-state index in [4.69, 9.17) is 5.21 Å². The molecule has 106 valence electrons. The van der Waals surface area contributed by atoms with E-state index in [-0.39, 0.29) is 6.42 Å². The van der Waals surface area contributed by atoms with Crippen molar-refractivity contribution in [2.45, 2.75) is 19.3 Å². The second kappa shape index (κ2) is 7.88. The van der Waals surface area contributed by atoms with Crippen LogP contribution in [0.25, 0.3) is 0 Å². The van der Waals surface area contributed by atoms with Gasteiger partial charge >= 0.3 is 0 Å². The van der Waals surface area contributed by atoms with Gasteiger partial charge in [-0.25, -0.2) is 5.48 Å². The third-order valence-corrected chi connectivity index (χ3v) is 3.06. The minimum atomic E-state index is -0.420. The lowest BCUT2D eigenvalue weighted by atomic mass is 10.1. The van der Waals surface area contributed by atoms with Crippen molar-refractivity contribution in [1.82, 2.24) is 5.48 Å². The molecule has 21 heavy (non-hydrogen) atoms. The molecule has 0 unspecified atom stereocenters. The van der Waals surface area contributed by atoms with Crippen molar-refractivity contribution in [3.05, 3.63) is 71.3 Å². The minimum absolute atomic E-state index is 0.165. The largest absolute Gasteiger partial charge is 0.289 e. The van der Waals surface area contributed by atoms with Crippen LogP contribution >= 0.6 is 0 Å². The Morgan fingerprint density at radius 1 is 1.00 bits per heavy atom.